The van der Waals surface area contributed by atoms with Gasteiger partial charge in [0, 0.05) is 17.1 Å². The van der Waals surface area contributed by atoms with Crippen molar-refractivity contribution in [3.05, 3.63) is 54.1 Å². The first-order valence-corrected chi connectivity index (χ1v) is 7.74. The molecule has 0 spiro atoms. The van der Waals surface area contributed by atoms with Gasteiger partial charge in [-0.3, -0.25) is 0 Å². The molecule has 0 saturated heterocycles. The number of benzene rings is 2. The topological polar surface area (TPSA) is 37.9 Å². The highest BCUT2D eigenvalue weighted by Crippen LogP contribution is 2.36. The Morgan fingerprint density at radius 3 is 2.52 bits per heavy atom. The summed E-state index contributed by atoms with van der Waals surface area (Å²) in [6.45, 7) is 0. The Morgan fingerprint density at radius 2 is 1.90 bits per heavy atom. The van der Waals surface area contributed by atoms with Crippen molar-refractivity contribution in [1.82, 2.24) is 4.57 Å². The second-order valence-corrected chi connectivity index (χ2v) is 5.35. The van der Waals surface area contributed by atoms with Gasteiger partial charge in [0.25, 0.3) is 0 Å². The molecule has 3 nitrogen and oxygen atoms in total. The van der Waals surface area contributed by atoms with Crippen LogP contribution in [0, 0.1) is 11.3 Å². The molecule has 0 bridgehead atoms. The number of ether oxygens (including phenoxy) is 1. The predicted octanol–water partition coefficient (Wildman–Crippen LogP) is 4.23. The Morgan fingerprint density at radius 1 is 1.14 bits per heavy atom. The summed E-state index contributed by atoms with van der Waals surface area (Å²) in [6, 6.07) is 18.2. The van der Waals surface area contributed by atoms with Gasteiger partial charge < -0.3 is 9.30 Å². The number of nitriles is 1. The number of hydrogen-bond donors (Lipinski definition) is 0. The van der Waals surface area contributed by atoms with Crippen LogP contribution in [0.25, 0.3) is 16.6 Å². The third-order valence-corrected chi connectivity index (χ3v) is 4.23. The second-order valence-electron chi connectivity index (χ2n) is 4.55. The van der Waals surface area contributed by atoms with Crippen LogP contribution in [0.5, 0.6) is 5.75 Å². The highest BCUT2D eigenvalue weighted by molar-refractivity contribution is 7.98. The fourth-order valence-electron chi connectivity index (χ4n) is 2.51. The van der Waals surface area contributed by atoms with Crippen molar-refractivity contribution in [3.63, 3.8) is 0 Å². The molecular weight excluding hydrogens is 280 g/mol. The maximum atomic E-state index is 9.53. The number of nitrogens with zero attached hydrogens (tertiary/aromatic N) is 2. The summed E-state index contributed by atoms with van der Waals surface area (Å²) in [7, 11) is 1.65. The van der Waals surface area contributed by atoms with Gasteiger partial charge in [-0.05, 0) is 30.5 Å². The van der Waals surface area contributed by atoms with Crippen LogP contribution in [0.15, 0.2) is 53.6 Å². The molecule has 0 fully saturated rings. The van der Waals surface area contributed by atoms with Gasteiger partial charge in [0.2, 0.25) is 0 Å². The summed E-state index contributed by atoms with van der Waals surface area (Å²) in [5.74, 6) is 0.786. The Labute approximate surface area is 127 Å². The molecule has 2 aromatic carbocycles. The molecule has 0 atom stereocenters. The lowest BCUT2D eigenvalue weighted by Crippen LogP contribution is -1.95. The lowest BCUT2D eigenvalue weighted by Gasteiger charge is -2.09. The van der Waals surface area contributed by atoms with Crippen LogP contribution in [-0.4, -0.2) is 17.9 Å². The number of para-hydroxylation sites is 1. The average molecular weight is 294 g/mol. The van der Waals surface area contributed by atoms with Crippen LogP contribution >= 0.6 is 11.8 Å². The van der Waals surface area contributed by atoms with Crippen molar-refractivity contribution in [3.8, 4) is 17.5 Å². The Hall–Kier alpha value is -2.38. The SMILES string of the molecule is COc1ccc2c(C#N)c(SC)n(-c3ccccc3)c2c1. The maximum Gasteiger partial charge on any atom is 0.120 e. The molecule has 0 radical (unpaired) electrons. The molecule has 0 saturated carbocycles. The van der Waals surface area contributed by atoms with E-state index in [1.807, 2.05) is 54.8 Å². The number of rotatable bonds is 3. The summed E-state index contributed by atoms with van der Waals surface area (Å²) < 4.78 is 7.44. The largest absolute Gasteiger partial charge is 0.497 e. The number of thioether (sulfide) groups is 1. The minimum Gasteiger partial charge on any atom is -0.497 e. The normalized spacial score (nSPS) is 10.5. The molecule has 4 heteroatoms. The third kappa shape index (κ3) is 2.16. The van der Waals surface area contributed by atoms with Gasteiger partial charge in [0.1, 0.15) is 11.8 Å². The Balaban J connectivity index is 2.43. The molecule has 0 unspecified atom stereocenters. The summed E-state index contributed by atoms with van der Waals surface area (Å²) >= 11 is 1.58. The highest BCUT2D eigenvalue weighted by Gasteiger charge is 2.18. The van der Waals surface area contributed by atoms with Gasteiger partial charge >= 0.3 is 0 Å². The van der Waals surface area contributed by atoms with Crippen LogP contribution in [0.3, 0.4) is 0 Å². The Bertz CT molecular complexity index is 831. The van der Waals surface area contributed by atoms with Gasteiger partial charge in [-0.25, -0.2) is 0 Å². The molecule has 0 aliphatic carbocycles. The summed E-state index contributed by atoms with van der Waals surface area (Å²) in [4.78, 5) is 0. The average Bonchev–Trinajstić information content (AvgIpc) is 2.87. The molecule has 1 heterocycles. The van der Waals surface area contributed by atoms with E-state index in [0.29, 0.717) is 5.56 Å². The van der Waals surface area contributed by atoms with E-state index in [1.54, 1.807) is 18.9 Å². The van der Waals surface area contributed by atoms with Gasteiger partial charge in [0.15, 0.2) is 0 Å². The molecule has 0 amide bonds. The minimum atomic E-state index is 0.712. The van der Waals surface area contributed by atoms with E-state index in [0.717, 1.165) is 27.4 Å². The number of methoxy groups -OCH3 is 1. The smallest absolute Gasteiger partial charge is 0.120 e. The van der Waals surface area contributed by atoms with Crippen molar-refractivity contribution >= 4 is 22.7 Å². The van der Waals surface area contributed by atoms with Gasteiger partial charge in [0.05, 0.1) is 23.2 Å². The molecule has 3 aromatic rings. The summed E-state index contributed by atoms with van der Waals surface area (Å²) in [6.07, 6.45) is 1.99. The number of hydrogen-bond acceptors (Lipinski definition) is 3. The summed E-state index contributed by atoms with van der Waals surface area (Å²) in [5.41, 5.74) is 2.74. The first kappa shape index (κ1) is 13.6. The van der Waals surface area contributed by atoms with E-state index in [9.17, 15) is 5.26 Å². The van der Waals surface area contributed by atoms with Crippen LogP contribution in [0.2, 0.25) is 0 Å². The number of fused-ring (bicyclic) bond motifs is 1. The maximum absolute atomic E-state index is 9.53. The molecule has 0 N–H and O–H groups in total. The predicted molar refractivity (Wildman–Crippen MR) is 86.3 cm³/mol. The zero-order chi connectivity index (χ0) is 14.8. The molecular formula is C17H14N2OS. The van der Waals surface area contributed by atoms with E-state index in [-0.39, 0.29) is 0 Å². The van der Waals surface area contributed by atoms with Gasteiger partial charge in [-0.1, -0.05) is 18.2 Å². The molecule has 21 heavy (non-hydrogen) atoms. The van der Waals surface area contributed by atoms with Crippen molar-refractivity contribution in [2.75, 3.05) is 13.4 Å². The van der Waals surface area contributed by atoms with E-state index >= 15 is 0 Å². The standard InChI is InChI=1S/C17H14N2OS/c1-20-13-8-9-14-15(11-18)17(21-2)19(16(14)10-13)12-6-4-3-5-7-12/h3-10H,1-2H3. The Kier molecular flexibility index (Phi) is 3.59. The van der Waals surface area contributed by atoms with Crippen molar-refractivity contribution in [2.24, 2.45) is 0 Å². The van der Waals surface area contributed by atoms with Crippen LogP contribution in [0.4, 0.5) is 0 Å². The minimum absolute atomic E-state index is 0.712. The fraction of sp³-hybridized carbons (Fsp3) is 0.118. The fourth-order valence-corrected chi connectivity index (χ4v) is 3.25. The van der Waals surface area contributed by atoms with Crippen molar-refractivity contribution in [2.45, 2.75) is 5.03 Å². The summed E-state index contributed by atoms with van der Waals surface area (Å²) in [5, 5.41) is 11.4. The van der Waals surface area contributed by atoms with Crippen molar-refractivity contribution in [1.29, 1.82) is 5.26 Å². The molecule has 104 valence electrons. The second kappa shape index (κ2) is 5.55. The zero-order valence-electron chi connectivity index (χ0n) is 11.8. The molecule has 3 rings (SSSR count). The molecule has 0 aliphatic heterocycles. The van der Waals surface area contributed by atoms with Gasteiger partial charge in [-0.15, -0.1) is 11.8 Å². The number of aromatic nitrogens is 1. The van der Waals surface area contributed by atoms with Crippen LogP contribution < -0.4 is 4.74 Å². The van der Waals surface area contributed by atoms with E-state index in [1.165, 1.54) is 0 Å². The lowest BCUT2D eigenvalue weighted by molar-refractivity contribution is 0.415. The molecule has 1 aromatic heterocycles. The molecule has 0 aliphatic rings. The van der Waals surface area contributed by atoms with Crippen molar-refractivity contribution < 1.29 is 4.74 Å². The van der Waals surface area contributed by atoms with Crippen LogP contribution in [-0.2, 0) is 0 Å². The van der Waals surface area contributed by atoms with Crippen LogP contribution in [0.1, 0.15) is 5.56 Å². The van der Waals surface area contributed by atoms with Gasteiger partial charge in [-0.2, -0.15) is 5.26 Å². The quantitative estimate of drug-likeness (QED) is 0.678. The zero-order valence-corrected chi connectivity index (χ0v) is 12.6. The highest BCUT2D eigenvalue weighted by atomic mass is 32.2. The van der Waals surface area contributed by atoms with E-state index in [2.05, 4.69) is 10.6 Å². The van der Waals surface area contributed by atoms with E-state index < -0.39 is 0 Å². The first-order valence-electron chi connectivity index (χ1n) is 6.52. The third-order valence-electron chi connectivity index (χ3n) is 3.45. The van der Waals surface area contributed by atoms with E-state index in [4.69, 9.17) is 4.74 Å². The lowest BCUT2D eigenvalue weighted by atomic mass is 10.2. The monoisotopic (exact) mass is 294 g/mol. The first-order chi connectivity index (χ1) is 10.3.